The number of piperidine rings is 1. The molecule has 1 saturated heterocycles. The van der Waals surface area contributed by atoms with Crippen molar-refractivity contribution < 1.29 is 0 Å². The van der Waals surface area contributed by atoms with Crippen LogP contribution in [0.4, 0.5) is 0 Å². The topological polar surface area (TPSA) is 15.3 Å². The van der Waals surface area contributed by atoms with E-state index >= 15 is 0 Å². The maximum Gasteiger partial charge on any atom is 0.00966 e. The van der Waals surface area contributed by atoms with Crippen LogP contribution in [0.25, 0.3) is 0 Å². The first-order chi connectivity index (χ1) is 8.85. The molecule has 2 nitrogen and oxygen atoms in total. The summed E-state index contributed by atoms with van der Waals surface area (Å²) in [5.74, 6) is 2.09. The third-order valence-electron chi connectivity index (χ3n) is 5.58. The zero-order valence-corrected chi connectivity index (χ0v) is 12.0. The largest absolute Gasteiger partial charge is 0.314 e. The molecule has 0 aromatic carbocycles. The van der Waals surface area contributed by atoms with Gasteiger partial charge in [0.25, 0.3) is 0 Å². The van der Waals surface area contributed by atoms with E-state index in [1.165, 1.54) is 58.0 Å². The van der Waals surface area contributed by atoms with Crippen molar-refractivity contribution >= 4 is 0 Å². The lowest BCUT2D eigenvalue weighted by Crippen LogP contribution is -2.50. The van der Waals surface area contributed by atoms with Crippen LogP contribution >= 0.6 is 0 Å². The fourth-order valence-electron chi connectivity index (χ4n) is 4.70. The lowest BCUT2D eigenvalue weighted by Gasteiger charge is -2.46. The van der Waals surface area contributed by atoms with Gasteiger partial charge < -0.3 is 5.32 Å². The van der Waals surface area contributed by atoms with Crippen molar-refractivity contribution in [3.8, 4) is 0 Å². The van der Waals surface area contributed by atoms with E-state index in [1.54, 1.807) is 6.42 Å². The lowest BCUT2D eigenvalue weighted by molar-refractivity contribution is 0.0365. The summed E-state index contributed by atoms with van der Waals surface area (Å²) in [5.41, 5.74) is 0. The number of hydrogen-bond acceptors (Lipinski definition) is 2. The Kier molecular flexibility index (Phi) is 4.25. The average Bonchev–Trinajstić information content (AvgIpc) is 2.39. The van der Waals surface area contributed by atoms with Gasteiger partial charge in [-0.3, -0.25) is 4.90 Å². The SMILES string of the molecule is CCNC1CCC(N2CC3CCCC(C3)C2)CC1. The fourth-order valence-corrected chi connectivity index (χ4v) is 4.70. The van der Waals surface area contributed by atoms with Crippen molar-refractivity contribution in [3.63, 3.8) is 0 Å². The molecule has 3 aliphatic rings. The number of nitrogens with zero attached hydrogens (tertiary/aromatic N) is 1. The normalized spacial score (nSPS) is 41.8. The maximum atomic E-state index is 3.63. The predicted molar refractivity (Wildman–Crippen MR) is 76.7 cm³/mol. The number of fused-ring (bicyclic) bond motifs is 2. The van der Waals surface area contributed by atoms with Gasteiger partial charge >= 0.3 is 0 Å². The summed E-state index contributed by atoms with van der Waals surface area (Å²) in [6, 6.07) is 1.74. The van der Waals surface area contributed by atoms with Gasteiger partial charge in [0.1, 0.15) is 0 Å². The predicted octanol–water partition coefficient (Wildman–Crippen LogP) is 3.03. The zero-order chi connectivity index (χ0) is 12.4. The van der Waals surface area contributed by atoms with Gasteiger partial charge in [-0.25, -0.2) is 0 Å². The van der Waals surface area contributed by atoms with Gasteiger partial charge in [-0.15, -0.1) is 0 Å². The van der Waals surface area contributed by atoms with Crippen LogP contribution in [-0.4, -0.2) is 36.6 Å². The third kappa shape index (κ3) is 2.91. The van der Waals surface area contributed by atoms with Crippen LogP contribution in [0.15, 0.2) is 0 Å². The molecular weight excluding hydrogens is 220 g/mol. The Bertz CT molecular complexity index is 246. The van der Waals surface area contributed by atoms with E-state index in [9.17, 15) is 0 Å². The Morgan fingerprint density at radius 3 is 2.22 bits per heavy atom. The van der Waals surface area contributed by atoms with Crippen LogP contribution in [0.3, 0.4) is 0 Å². The molecular formula is C16H30N2. The molecule has 2 bridgehead atoms. The molecule has 0 aromatic rings. The lowest BCUT2D eigenvalue weighted by atomic mass is 9.76. The molecule has 1 heterocycles. The monoisotopic (exact) mass is 250 g/mol. The van der Waals surface area contributed by atoms with Gasteiger partial charge in [0.15, 0.2) is 0 Å². The second-order valence-electron chi connectivity index (χ2n) is 6.92. The Morgan fingerprint density at radius 1 is 0.944 bits per heavy atom. The minimum absolute atomic E-state index is 0.815. The standard InChI is InChI=1S/C16H30N2/c1-2-17-15-6-8-16(9-7-15)18-11-13-4-3-5-14(10-13)12-18/h13-17H,2-12H2,1H3. The molecule has 104 valence electrons. The van der Waals surface area contributed by atoms with Gasteiger partial charge in [-0.05, 0) is 63.3 Å². The number of likely N-dealkylation sites (tertiary alicyclic amines) is 1. The Hall–Kier alpha value is -0.0800. The molecule has 3 rings (SSSR count). The Balaban J connectivity index is 1.50. The molecule has 2 aliphatic carbocycles. The highest BCUT2D eigenvalue weighted by atomic mass is 15.2. The number of hydrogen-bond donors (Lipinski definition) is 1. The Morgan fingerprint density at radius 2 is 1.61 bits per heavy atom. The molecule has 0 spiro atoms. The van der Waals surface area contributed by atoms with Crippen LogP contribution < -0.4 is 5.32 Å². The highest BCUT2D eigenvalue weighted by molar-refractivity contribution is 4.89. The fraction of sp³-hybridized carbons (Fsp3) is 1.00. The van der Waals surface area contributed by atoms with Crippen LogP contribution in [0.2, 0.25) is 0 Å². The molecule has 0 radical (unpaired) electrons. The molecule has 18 heavy (non-hydrogen) atoms. The van der Waals surface area contributed by atoms with E-state index < -0.39 is 0 Å². The summed E-state index contributed by atoms with van der Waals surface area (Å²) in [5, 5.41) is 3.63. The molecule has 1 aliphatic heterocycles. The van der Waals surface area contributed by atoms with Gasteiger partial charge in [-0.1, -0.05) is 13.3 Å². The summed E-state index contributed by atoms with van der Waals surface area (Å²) in [4.78, 5) is 2.88. The van der Waals surface area contributed by atoms with Crippen LogP contribution in [0, 0.1) is 11.8 Å². The molecule has 2 saturated carbocycles. The smallest absolute Gasteiger partial charge is 0.00966 e. The van der Waals surface area contributed by atoms with Gasteiger partial charge in [-0.2, -0.15) is 0 Å². The van der Waals surface area contributed by atoms with Gasteiger partial charge in [0, 0.05) is 25.2 Å². The first kappa shape index (κ1) is 12.9. The van der Waals surface area contributed by atoms with Crippen LogP contribution in [0.5, 0.6) is 0 Å². The molecule has 0 aromatic heterocycles. The first-order valence-electron chi connectivity index (χ1n) is 8.32. The second kappa shape index (κ2) is 5.92. The van der Waals surface area contributed by atoms with Gasteiger partial charge in [0.2, 0.25) is 0 Å². The van der Waals surface area contributed by atoms with E-state index in [0.29, 0.717) is 0 Å². The third-order valence-corrected chi connectivity index (χ3v) is 5.58. The zero-order valence-electron chi connectivity index (χ0n) is 12.0. The first-order valence-corrected chi connectivity index (χ1v) is 8.32. The minimum Gasteiger partial charge on any atom is -0.314 e. The Labute approximate surface area is 113 Å². The molecule has 0 amide bonds. The van der Waals surface area contributed by atoms with Crippen molar-refractivity contribution in [2.24, 2.45) is 11.8 Å². The van der Waals surface area contributed by atoms with Gasteiger partial charge in [0.05, 0.1) is 0 Å². The summed E-state index contributed by atoms with van der Waals surface area (Å²) < 4.78 is 0. The van der Waals surface area contributed by atoms with E-state index in [4.69, 9.17) is 0 Å². The van der Waals surface area contributed by atoms with E-state index in [0.717, 1.165) is 30.5 Å². The number of nitrogens with one attached hydrogen (secondary N) is 1. The highest BCUT2D eigenvalue weighted by Crippen LogP contribution is 2.37. The quantitative estimate of drug-likeness (QED) is 0.828. The van der Waals surface area contributed by atoms with Crippen molar-refractivity contribution in [2.45, 2.75) is 70.4 Å². The molecule has 3 fully saturated rings. The summed E-state index contributed by atoms with van der Waals surface area (Å²) in [6.07, 6.45) is 11.8. The molecule has 2 heteroatoms. The minimum atomic E-state index is 0.815. The number of rotatable bonds is 3. The van der Waals surface area contributed by atoms with Crippen molar-refractivity contribution in [2.75, 3.05) is 19.6 Å². The maximum absolute atomic E-state index is 3.63. The second-order valence-corrected chi connectivity index (χ2v) is 6.92. The van der Waals surface area contributed by atoms with Crippen LogP contribution in [0.1, 0.15) is 58.3 Å². The van der Waals surface area contributed by atoms with Crippen LogP contribution in [-0.2, 0) is 0 Å². The van der Waals surface area contributed by atoms with E-state index in [-0.39, 0.29) is 0 Å². The van der Waals surface area contributed by atoms with E-state index in [1.807, 2.05) is 0 Å². The summed E-state index contributed by atoms with van der Waals surface area (Å²) >= 11 is 0. The summed E-state index contributed by atoms with van der Waals surface area (Å²) in [7, 11) is 0. The molecule has 2 unspecified atom stereocenters. The molecule has 2 atom stereocenters. The van der Waals surface area contributed by atoms with Crippen molar-refractivity contribution in [1.82, 2.24) is 10.2 Å². The highest BCUT2D eigenvalue weighted by Gasteiger charge is 2.34. The van der Waals surface area contributed by atoms with Crippen molar-refractivity contribution in [1.29, 1.82) is 0 Å². The average molecular weight is 250 g/mol. The van der Waals surface area contributed by atoms with E-state index in [2.05, 4.69) is 17.1 Å². The van der Waals surface area contributed by atoms with Crippen molar-refractivity contribution in [3.05, 3.63) is 0 Å². The summed E-state index contributed by atoms with van der Waals surface area (Å²) in [6.45, 7) is 6.22. The molecule has 1 N–H and O–H groups in total.